The summed E-state index contributed by atoms with van der Waals surface area (Å²) in [6, 6.07) is 2.56. The van der Waals surface area contributed by atoms with Crippen molar-refractivity contribution >= 4 is 10.0 Å². The van der Waals surface area contributed by atoms with E-state index in [0.29, 0.717) is 12.5 Å². The molecular weight excluding hydrogens is 266 g/mol. The van der Waals surface area contributed by atoms with E-state index in [1.807, 2.05) is 7.05 Å². The molecule has 1 unspecified atom stereocenters. The zero-order valence-corrected chi connectivity index (χ0v) is 12.0. The van der Waals surface area contributed by atoms with E-state index >= 15 is 0 Å². The Morgan fingerprint density at radius 2 is 2.21 bits per heavy atom. The van der Waals surface area contributed by atoms with E-state index in [1.165, 1.54) is 22.6 Å². The molecule has 0 aromatic carbocycles. The Bertz CT molecular complexity index is 576. The van der Waals surface area contributed by atoms with Gasteiger partial charge in [0.1, 0.15) is 0 Å². The molecule has 106 valence electrons. The minimum absolute atomic E-state index is 0.126. The van der Waals surface area contributed by atoms with Crippen LogP contribution in [0.5, 0.6) is 0 Å². The van der Waals surface area contributed by atoms with Gasteiger partial charge in [-0.25, -0.2) is 12.7 Å². The largest absolute Gasteiger partial charge is 0.328 e. The molecule has 1 saturated heterocycles. The van der Waals surface area contributed by atoms with E-state index in [0.717, 1.165) is 19.5 Å². The normalized spacial score (nSPS) is 21.1. The van der Waals surface area contributed by atoms with E-state index in [1.54, 1.807) is 7.05 Å². The number of hydrogen-bond donors (Lipinski definition) is 1. The lowest BCUT2D eigenvalue weighted by molar-refractivity contribution is 0.356. The van der Waals surface area contributed by atoms with Crippen LogP contribution >= 0.6 is 0 Å². The molecule has 0 saturated carbocycles. The molecule has 7 heteroatoms. The first-order valence-corrected chi connectivity index (χ1v) is 7.67. The molecule has 2 rings (SSSR count). The standard InChI is InChI=1S/C12H19N3O3S/c1-14-6-5-10(8-14)9-15(2)19(17,18)11-3-4-12(16)13-7-11/h3-4,7,10H,5-6,8-9H2,1-2H3,(H,13,16). The van der Waals surface area contributed by atoms with E-state index in [-0.39, 0.29) is 10.5 Å². The first-order chi connectivity index (χ1) is 8.89. The Balaban J connectivity index is 2.10. The van der Waals surface area contributed by atoms with Gasteiger partial charge in [0.05, 0.1) is 4.90 Å². The summed E-state index contributed by atoms with van der Waals surface area (Å²) in [6.45, 7) is 2.44. The summed E-state index contributed by atoms with van der Waals surface area (Å²) in [4.78, 5) is 15.7. The Kier molecular flexibility index (Phi) is 4.07. The molecular formula is C12H19N3O3S. The van der Waals surface area contributed by atoms with E-state index in [2.05, 4.69) is 9.88 Å². The fourth-order valence-corrected chi connectivity index (χ4v) is 3.59. The summed E-state index contributed by atoms with van der Waals surface area (Å²) in [5.41, 5.74) is -0.306. The van der Waals surface area contributed by atoms with Gasteiger partial charge in [0, 0.05) is 32.4 Å². The van der Waals surface area contributed by atoms with Gasteiger partial charge in [-0.05, 0) is 32.0 Å². The van der Waals surface area contributed by atoms with Crippen LogP contribution in [0.4, 0.5) is 0 Å². The highest BCUT2D eigenvalue weighted by molar-refractivity contribution is 7.89. The number of hydrogen-bond acceptors (Lipinski definition) is 4. The zero-order chi connectivity index (χ0) is 14.0. The van der Waals surface area contributed by atoms with Crippen molar-refractivity contribution in [3.05, 3.63) is 28.7 Å². The van der Waals surface area contributed by atoms with Gasteiger partial charge >= 0.3 is 0 Å². The van der Waals surface area contributed by atoms with Crippen molar-refractivity contribution in [2.24, 2.45) is 5.92 Å². The lowest BCUT2D eigenvalue weighted by Crippen LogP contribution is -2.33. The van der Waals surface area contributed by atoms with Gasteiger partial charge in [-0.2, -0.15) is 0 Å². The van der Waals surface area contributed by atoms with Gasteiger partial charge in [0.25, 0.3) is 0 Å². The lowest BCUT2D eigenvalue weighted by Gasteiger charge is -2.20. The summed E-state index contributed by atoms with van der Waals surface area (Å²) in [5.74, 6) is 0.368. The van der Waals surface area contributed by atoms with Crippen LogP contribution in [0.2, 0.25) is 0 Å². The number of rotatable bonds is 4. The van der Waals surface area contributed by atoms with Crippen LogP contribution in [0.3, 0.4) is 0 Å². The van der Waals surface area contributed by atoms with Crippen molar-refractivity contribution in [1.29, 1.82) is 0 Å². The van der Waals surface area contributed by atoms with Gasteiger partial charge in [-0.15, -0.1) is 0 Å². The molecule has 1 N–H and O–H groups in total. The number of aromatic nitrogens is 1. The number of nitrogens with one attached hydrogen (secondary N) is 1. The smallest absolute Gasteiger partial charge is 0.247 e. The predicted molar refractivity (Wildman–Crippen MR) is 72.5 cm³/mol. The first kappa shape index (κ1) is 14.2. The van der Waals surface area contributed by atoms with Crippen LogP contribution in [-0.4, -0.2) is 56.3 Å². The van der Waals surface area contributed by atoms with Crippen molar-refractivity contribution in [1.82, 2.24) is 14.2 Å². The predicted octanol–water partition coefficient (Wildman–Crippen LogP) is -0.0529. The van der Waals surface area contributed by atoms with Crippen LogP contribution in [-0.2, 0) is 10.0 Å². The average Bonchev–Trinajstić information content (AvgIpc) is 2.75. The molecule has 1 aliphatic rings. The van der Waals surface area contributed by atoms with Gasteiger partial charge in [0.15, 0.2) is 0 Å². The zero-order valence-electron chi connectivity index (χ0n) is 11.2. The second kappa shape index (κ2) is 5.44. The Hall–Kier alpha value is -1.18. The Labute approximate surface area is 113 Å². The maximum atomic E-state index is 12.3. The second-order valence-electron chi connectivity index (χ2n) is 5.09. The number of pyridine rings is 1. The highest BCUT2D eigenvalue weighted by Gasteiger charge is 2.27. The molecule has 19 heavy (non-hydrogen) atoms. The molecule has 0 radical (unpaired) electrons. The summed E-state index contributed by atoms with van der Waals surface area (Å²) in [7, 11) is 0.104. The van der Waals surface area contributed by atoms with Crippen LogP contribution < -0.4 is 5.56 Å². The number of aromatic amines is 1. The highest BCUT2D eigenvalue weighted by Crippen LogP contribution is 2.19. The topological polar surface area (TPSA) is 73.5 Å². The van der Waals surface area contributed by atoms with Gasteiger partial charge in [0.2, 0.25) is 15.6 Å². The molecule has 0 spiro atoms. The summed E-state index contributed by atoms with van der Waals surface area (Å²) >= 11 is 0. The molecule has 1 aromatic heterocycles. The maximum absolute atomic E-state index is 12.3. The minimum Gasteiger partial charge on any atom is -0.328 e. The fraction of sp³-hybridized carbons (Fsp3) is 0.583. The first-order valence-electron chi connectivity index (χ1n) is 6.23. The summed E-state index contributed by atoms with van der Waals surface area (Å²) < 4.78 is 26.0. The summed E-state index contributed by atoms with van der Waals surface area (Å²) in [5, 5.41) is 0. The van der Waals surface area contributed by atoms with Gasteiger partial charge in [-0.3, -0.25) is 4.79 Å². The van der Waals surface area contributed by atoms with Crippen molar-refractivity contribution in [2.75, 3.05) is 33.7 Å². The molecule has 1 aliphatic heterocycles. The second-order valence-corrected chi connectivity index (χ2v) is 7.14. The average molecular weight is 285 g/mol. The third kappa shape index (κ3) is 3.23. The highest BCUT2D eigenvalue weighted by atomic mass is 32.2. The molecule has 1 fully saturated rings. The lowest BCUT2D eigenvalue weighted by atomic mass is 10.1. The fourth-order valence-electron chi connectivity index (χ4n) is 2.37. The van der Waals surface area contributed by atoms with E-state index < -0.39 is 10.0 Å². The SMILES string of the molecule is CN1CCC(CN(C)S(=O)(=O)c2ccc(=O)[nH]c2)C1. The third-order valence-corrected chi connectivity index (χ3v) is 5.29. The van der Waals surface area contributed by atoms with Crippen molar-refractivity contribution < 1.29 is 8.42 Å². The number of H-pyrrole nitrogens is 1. The van der Waals surface area contributed by atoms with Gasteiger partial charge in [-0.1, -0.05) is 0 Å². The van der Waals surface area contributed by atoms with Crippen molar-refractivity contribution in [2.45, 2.75) is 11.3 Å². The number of nitrogens with zero attached hydrogens (tertiary/aromatic N) is 2. The van der Waals surface area contributed by atoms with Crippen LogP contribution in [0.25, 0.3) is 0 Å². The quantitative estimate of drug-likeness (QED) is 0.841. The van der Waals surface area contributed by atoms with Crippen LogP contribution in [0.1, 0.15) is 6.42 Å². The maximum Gasteiger partial charge on any atom is 0.247 e. The summed E-state index contributed by atoms with van der Waals surface area (Å²) in [6.07, 6.45) is 2.26. The Morgan fingerprint density at radius 3 is 2.74 bits per heavy atom. The molecule has 1 atom stereocenters. The molecule has 0 amide bonds. The Morgan fingerprint density at radius 1 is 1.47 bits per heavy atom. The minimum atomic E-state index is -3.52. The van der Waals surface area contributed by atoms with E-state index in [4.69, 9.17) is 0 Å². The monoisotopic (exact) mass is 285 g/mol. The number of sulfonamides is 1. The van der Waals surface area contributed by atoms with E-state index in [9.17, 15) is 13.2 Å². The molecule has 6 nitrogen and oxygen atoms in total. The third-order valence-electron chi connectivity index (χ3n) is 3.47. The van der Waals surface area contributed by atoms with Crippen molar-refractivity contribution in [3.8, 4) is 0 Å². The molecule has 0 bridgehead atoms. The van der Waals surface area contributed by atoms with Crippen LogP contribution in [0, 0.1) is 5.92 Å². The molecule has 2 heterocycles. The van der Waals surface area contributed by atoms with Crippen LogP contribution in [0.15, 0.2) is 28.0 Å². The molecule has 1 aromatic rings. The van der Waals surface area contributed by atoms with Gasteiger partial charge < -0.3 is 9.88 Å². The number of likely N-dealkylation sites (tertiary alicyclic amines) is 1. The van der Waals surface area contributed by atoms with Crippen molar-refractivity contribution in [3.63, 3.8) is 0 Å². The molecule has 0 aliphatic carbocycles.